The van der Waals surface area contributed by atoms with Gasteiger partial charge in [-0.25, -0.2) is 9.37 Å². The summed E-state index contributed by atoms with van der Waals surface area (Å²) in [6, 6.07) is 12.2. The first-order valence-corrected chi connectivity index (χ1v) is 8.36. The van der Waals surface area contributed by atoms with E-state index in [1.54, 1.807) is 36.4 Å². The van der Waals surface area contributed by atoms with Crippen LogP contribution in [0.15, 0.2) is 48.7 Å². The first-order chi connectivity index (χ1) is 12.1. The predicted octanol–water partition coefficient (Wildman–Crippen LogP) is 2.55. The molecule has 0 radical (unpaired) electrons. The van der Waals surface area contributed by atoms with Crippen molar-refractivity contribution >= 4 is 5.91 Å². The number of rotatable bonds is 5. The Morgan fingerprint density at radius 2 is 2.08 bits per heavy atom. The second kappa shape index (κ2) is 7.61. The van der Waals surface area contributed by atoms with E-state index in [-0.39, 0.29) is 37.1 Å². The molecule has 1 unspecified atom stereocenters. The van der Waals surface area contributed by atoms with Crippen molar-refractivity contribution in [1.82, 2.24) is 9.88 Å². The average molecular weight is 344 g/mol. The first kappa shape index (κ1) is 17.4. The van der Waals surface area contributed by atoms with Crippen molar-refractivity contribution < 1.29 is 19.0 Å². The number of benzene rings is 1. The first-order valence-electron chi connectivity index (χ1n) is 8.36. The number of hydrogen-bond acceptors (Lipinski definition) is 4. The molecule has 3 rings (SSSR count). The molecule has 0 saturated carbocycles. The largest absolute Gasteiger partial charge is 0.475 e. The van der Waals surface area contributed by atoms with Crippen LogP contribution in [0.2, 0.25) is 0 Å². The van der Waals surface area contributed by atoms with Crippen LogP contribution in [0.5, 0.6) is 5.88 Å². The maximum atomic E-state index is 15.5. The van der Waals surface area contributed by atoms with Crippen molar-refractivity contribution in [1.29, 1.82) is 0 Å². The van der Waals surface area contributed by atoms with Gasteiger partial charge in [0, 0.05) is 12.7 Å². The SMILES string of the molecule is O=C(c1cccnc1OCCO)N1CCCC(F)(c2ccccc2)C1. The van der Waals surface area contributed by atoms with Crippen LogP contribution >= 0.6 is 0 Å². The Morgan fingerprint density at radius 1 is 1.28 bits per heavy atom. The minimum absolute atomic E-state index is 0.00415. The Kier molecular flexibility index (Phi) is 5.28. The van der Waals surface area contributed by atoms with Crippen LogP contribution in [0.1, 0.15) is 28.8 Å². The van der Waals surface area contributed by atoms with Gasteiger partial charge in [0.25, 0.3) is 5.91 Å². The summed E-state index contributed by atoms with van der Waals surface area (Å²) < 4.78 is 20.8. The second-order valence-electron chi connectivity index (χ2n) is 6.09. The number of halogens is 1. The molecule has 2 aromatic rings. The molecule has 2 heterocycles. The van der Waals surface area contributed by atoms with Crippen molar-refractivity contribution in [2.24, 2.45) is 0 Å². The van der Waals surface area contributed by atoms with E-state index in [0.29, 0.717) is 24.9 Å². The van der Waals surface area contributed by atoms with Crippen LogP contribution in [0.4, 0.5) is 4.39 Å². The third-order valence-electron chi connectivity index (χ3n) is 4.35. The molecule has 0 spiro atoms. The lowest BCUT2D eigenvalue weighted by Crippen LogP contribution is -2.46. The average Bonchev–Trinajstić information content (AvgIpc) is 2.67. The zero-order chi connectivity index (χ0) is 17.7. The number of amides is 1. The summed E-state index contributed by atoms with van der Waals surface area (Å²) in [6.45, 7) is 0.375. The second-order valence-corrected chi connectivity index (χ2v) is 6.09. The highest BCUT2D eigenvalue weighted by Gasteiger charge is 2.39. The highest BCUT2D eigenvalue weighted by molar-refractivity contribution is 5.96. The fourth-order valence-corrected chi connectivity index (χ4v) is 3.14. The Hall–Kier alpha value is -2.47. The van der Waals surface area contributed by atoms with Crippen LogP contribution in [0.3, 0.4) is 0 Å². The zero-order valence-corrected chi connectivity index (χ0v) is 13.9. The Balaban J connectivity index is 1.81. The number of pyridine rings is 1. The minimum atomic E-state index is -1.55. The molecule has 5 nitrogen and oxygen atoms in total. The van der Waals surface area contributed by atoms with Crippen molar-refractivity contribution in [2.75, 3.05) is 26.3 Å². The molecule has 1 aliphatic rings. The smallest absolute Gasteiger partial charge is 0.259 e. The maximum Gasteiger partial charge on any atom is 0.259 e. The summed E-state index contributed by atoms with van der Waals surface area (Å²) in [6.07, 6.45) is 2.50. The van der Waals surface area contributed by atoms with Gasteiger partial charge < -0.3 is 14.7 Å². The number of carbonyl (C=O) groups excluding carboxylic acids is 1. The van der Waals surface area contributed by atoms with Gasteiger partial charge in [-0.3, -0.25) is 4.79 Å². The number of ether oxygens (including phenoxy) is 1. The lowest BCUT2D eigenvalue weighted by Gasteiger charge is -2.37. The molecule has 1 atom stereocenters. The summed E-state index contributed by atoms with van der Waals surface area (Å²) in [5.74, 6) is -0.144. The molecule has 1 amide bonds. The quantitative estimate of drug-likeness (QED) is 0.905. The monoisotopic (exact) mass is 344 g/mol. The Labute approximate surface area is 146 Å². The van der Waals surface area contributed by atoms with Gasteiger partial charge in [-0.1, -0.05) is 30.3 Å². The highest BCUT2D eigenvalue weighted by Crippen LogP contribution is 2.36. The van der Waals surface area contributed by atoms with E-state index in [1.165, 1.54) is 11.1 Å². The van der Waals surface area contributed by atoms with Gasteiger partial charge >= 0.3 is 0 Å². The fourth-order valence-electron chi connectivity index (χ4n) is 3.14. The molecular weight excluding hydrogens is 323 g/mol. The van der Waals surface area contributed by atoms with Crippen molar-refractivity contribution in [2.45, 2.75) is 18.5 Å². The molecule has 1 aromatic carbocycles. The number of carbonyl (C=O) groups is 1. The van der Waals surface area contributed by atoms with E-state index < -0.39 is 5.67 Å². The molecule has 0 bridgehead atoms. The Morgan fingerprint density at radius 3 is 2.84 bits per heavy atom. The van der Waals surface area contributed by atoms with Crippen molar-refractivity contribution in [3.8, 4) is 5.88 Å². The molecule has 25 heavy (non-hydrogen) atoms. The van der Waals surface area contributed by atoms with Crippen molar-refractivity contribution in [3.63, 3.8) is 0 Å². The minimum Gasteiger partial charge on any atom is -0.475 e. The van der Waals surface area contributed by atoms with Gasteiger partial charge in [0.15, 0.2) is 5.67 Å². The molecular formula is C19H21FN2O3. The predicted molar refractivity (Wildman–Crippen MR) is 91.2 cm³/mol. The summed E-state index contributed by atoms with van der Waals surface area (Å²) in [4.78, 5) is 18.4. The number of nitrogens with zero attached hydrogens (tertiary/aromatic N) is 2. The number of likely N-dealkylation sites (tertiary alicyclic amines) is 1. The number of piperidine rings is 1. The summed E-state index contributed by atoms with van der Waals surface area (Å²) in [5, 5.41) is 8.90. The fraction of sp³-hybridized carbons (Fsp3) is 0.368. The van der Waals surface area contributed by atoms with E-state index in [1.807, 2.05) is 6.07 Å². The lowest BCUT2D eigenvalue weighted by molar-refractivity contribution is 0.0320. The third kappa shape index (κ3) is 3.79. The topological polar surface area (TPSA) is 62.7 Å². The molecule has 1 aliphatic heterocycles. The van der Waals surface area contributed by atoms with Crippen LogP contribution < -0.4 is 4.74 Å². The molecule has 1 aromatic heterocycles. The molecule has 132 valence electrons. The van der Waals surface area contributed by atoms with Gasteiger partial charge in [-0.05, 0) is 30.5 Å². The number of aliphatic hydroxyl groups is 1. The van der Waals surface area contributed by atoms with Crippen LogP contribution in [0.25, 0.3) is 0 Å². The van der Waals surface area contributed by atoms with Crippen molar-refractivity contribution in [3.05, 3.63) is 59.8 Å². The zero-order valence-electron chi connectivity index (χ0n) is 13.9. The molecule has 6 heteroatoms. The summed E-state index contributed by atoms with van der Waals surface area (Å²) in [5.41, 5.74) is -0.674. The van der Waals surface area contributed by atoms with Crippen LogP contribution in [-0.4, -0.2) is 47.2 Å². The van der Waals surface area contributed by atoms with Gasteiger partial charge in [-0.2, -0.15) is 0 Å². The maximum absolute atomic E-state index is 15.5. The van der Waals surface area contributed by atoms with Gasteiger partial charge in [-0.15, -0.1) is 0 Å². The molecule has 1 fully saturated rings. The number of alkyl halides is 1. The summed E-state index contributed by atoms with van der Waals surface area (Å²) >= 11 is 0. The molecule has 1 N–H and O–H groups in total. The van der Waals surface area contributed by atoms with Gasteiger partial charge in [0.1, 0.15) is 12.2 Å². The van der Waals surface area contributed by atoms with E-state index in [4.69, 9.17) is 9.84 Å². The summed E-state index contributed by atoms with van der Waals surface area (Å²) in [7, 11) is 0. The number of aliphatic hydroxyl groups excluding tert-OH is 1. The number of aromatic nitrogens is 1. The van der Waals surface area contributed by atoms with Crippen LogP contribution in [-0.2, 0) is 5.67 Å². The van der Waals surface area contributed by atoms with E-state index in [2.05, 4.69) is 4.98 Å². The van der Waals surface area contributed by atoms with E-state index >= 15 is 4.39 Å². The van der Waals surface area contributed by atoms with Crippen LogP contribution in [0, 0.1) is 0 Å². The van der Waals surface area contributed by atoms with Gasteiger partial charge in [0.05, 0.1) is 13.2 Å². The normalized spacial score (nSPS) is 20.3. The molecule has 0 aliphatic carbocycles. The standard InChI is InChI=1S/C19H21FN2O3/c20-19(15-6-2-1-3-7-15)9-5-11-22(14-19)18(24)16-8-4-10-21-17(16)25-13-12-23/h1-4,6-8,10,23H,5,9,11-14H2. The lowest BCUT2D eigenvalue weighted by atomic mass is 9.87. The Bertz CT molecular complexity index is 726. The number of hydrogen-bond donors (Lipinski definition) is 1. The van der Waals surface area contributed by atoms with E-state index in [9.17, 15) is 4.79 Å². The third-order valence-corrected chi connectivity index (χ3v) is 4.35. The molecule has 1 saturated heterocycles. The van der Waals surface area contributed by atoms with Gasteiger partial charge in [0.2, 0.25) is 5.88 Å². The van der Waals surface area contributed by atoms with E-state index in [0.717, 1.165) is 0 Å². The highest BCUT2D eigenvalue weighted by atomic mass is 19.1.